The molecule has 0 bridgehead atoms. The summed E-state index contributed by atoms with van der Waals surface area (Å²) in [6.45, 7) is 6.15. The van der Waals surface area contributed by atoms with Crippen molar-refractivity contribution in [1.82, 2.24) is 19.2 Å². The van der Waals surface area contributed by atoms with E-state index < -0.39 is 0 Å². The fourth-order valence-electron chi connectivity index (χ4n) is 4.45. The van der Waals surface area contributed by atoms with Crippen molar-refractivity contribution in [1.29, 1.82) is 0 Å². The molecule has 4 heterocycles. The highest BCUT2D eigenvalue weighted by Crippen LogP contribution is 2.24. The van der Waals surface area contributed by atoms with E-state index in [1.807, 2.05) is 27.8 Å². The third-order valence-corrected chi connectivity index (χ3v) is 6.87. The first-order valence-corrected chi connectivity index (χ1v) is 12.3. The maximum Gasteiger partial charge on any atom is 0.307 e. The van der Waals surface area contributed by atoms with Crippen molar-refractivity contribution < 1.29 is 19.1 Å². The average molecular weight is 449 g/mol. The fraction of sp³-hybridized carbons (Fsp3) is 0.682. The largest absolute Gasteiger partial charge is 0.466 e. The number of imidazole rings is 1. The first-order chi connectivity index (χ1) is 15.2. The predicted molar refractivity (Wildman–Crippen MR) is 118 cm³/mol. The number of amides is 1. The minimum Gasteiger partial charge on any atom is -0.466 e. The number of morpholine rings is 1. The second-order valence-electron chi connectivity index (χ2n) is 8.23. The van der Waals surface area contributed by atoms with Gasteiger partial charge in [-0.25, -0.2) is 4.98 Å². The highest BCUT2D eigenvalue weighted by atomic mass is 32.1. The number of fused-ring (bicyclic) bond motifs is 1. The second-order valence-corrected chi connectivity index (χ2v) is 9.10. The summed E-state index contributed by atoms with van der Waals surface area (Å²) in [6.07, 6.45) is 7.98. The lowest BCUT2D eigenvalue weighted by Crippen LogP contribution is -2.46. The van der Waals surface area contributed by atoms with Gasteiger partial charge in [-0.05, 0) is 19.8 Å². The minimum absolute atomic E-state index is 0.0306. The highest BCUT2D eigenvalue weighted by molar-refractivity contribution is 7.15. The van der Waals surface area contributed by atoms with Crippen LogP contribution in [0.2, 0.25) is 0 Å². The first kappa shape index (κ1) is 22.2. The van der Waals surface area contributed by atoms with Gasteiger partial charge in [0, 0.05) is 43.8 Å². The normalized spacial score (nSPS) is 21.1. The smallest absolute Gasteiger partial charge is 0.307 e. The van der Waals surface area contributed by atoms with Crippen molar-refractivity contribution in [2.24, 2.45) is 0 Å². The Morgan fingerprint density at radius 2 is 1.97 bits per heavy atom. The Labute approximate surface area is 187 Å². The number of ether oxygens (including phenoxy) is 2. The molecule has 9 heteroatoms. The van der Waals surface area contributed by atoms with Gasteiger partial charge in [0.15, 0.2) is 10.7 Å². The summed E-state index contributed by atoms with van der Waals surface area (Å²) in [5.74, 6) is -0.183. The number of likely N-dealkylation sites (tertiary alicyclic amines) is 1. The van der Waals surface area contributed by atoms with E-state index in [4.69, 9.17) is 14.5 Å². The molecule has 8 nitrogen and oxygen atoms in total. The summed E-state index contributed by atoms with van der Waals surface area (Å²) in [5.41, 5.74) is 1.45. The molecule has 2 aliphatic rings. The van der Waals surface area contributed by atoms with Gasteiger partial charge in [0.05, 0.1) is 31.9 Å². The molecule has 1 amide bonds. The number of aromatic nitrogens is 2. The van der Waals surface area contributed by atoms with E-state index >= 15 is 0 Å². The topological polar surface area (TPSA) is 76.4 Å². The summed E-state index contributed by atoms with van der Waals surface area (Å²) in [6, 6.07) is -0.0679. The molecule has 0 spiro atoms. The molecule has 2 aromatic heterocycles. The van der Waals surface area contributed by atoms with E-state index in [9.17, 15) is 9.59 Å². The number of carbonyl (C=O) groups is 2. The van der Waals surface area contributed by atoms with E-state index in [1.165, 1.54) is 30.6 Å². The molecule has 0 N–H and O–H groups in total. The van der Waals surface area contributed by atoms with Gasteiger partial charge in [0.25, 0.3) is 5.91 Å². The maximum absolute atomic E-state index is 13.5. The Kier molecular flexibility index (Phi) is 7.58. The van der Waals surface area contributed by atoms with E-state index in [-0.39, 0.29) is 24.3 Å². The van der Waals surface area contributed by atoms with E-state index in [1.54, 1.807) is 0 Å². The highest BCUT2D eigenvalue weighted by Gasteiger charge is 2.30. The van der Waals surface area contributed by atoms with Crippen LogP contribution in [0.1, 0.15) is 61.6 Å². The average Bonchev–Trinajstić information content (AvgIpc) is 3.31. The molecule has 2 fully saturated rings. The molecule has 1 atom stereocenters. The van der Waals surface area contributed by atoms with Crippen LogP contribution in [0.4, 0.5) is 0 Å². The van der Waals surface area contributed by atoms with Crippen LogP contribution in [-0.2, 0) is 20.8 Å². The lowest BCUT2D eigenvalue weighted by molar-refractivity contribution is -0.146. The van der Waals surface area contributed by atoms with Gasteiger partial charge in [0.1, 0.15) is 0 Å². The van der Waals surface area contributed by atoms with Gasteiger partial charge in [-0.2, -0.15) is 0 Å². The quantitative estimate of drug-likeness (QED) is 0.633. The van der Waals surface area contributed by atoms with Crippen molar-refractivity contribution in [3.8, 4) is 0 Å². The van der Waals surface area contributed by atoms with Crippen molar-refractivity contribution in [3.05, 3.63) is 23.0 Å². The number of nitrogens with zero attached hydrogens (tertiary/aromatic N) is 4. The van der Waals surface area contributed by atoms with E-state index in [0.29, 0.717) is 38.6 Å². The van der Waals surface area contributed by atoms with Crippen LogP contribution < -0.4 is 0 Å². The van der Waals surface area contributed by atoms with Gasteiger partial charge in [-0.15, -0.1) is 11.3 Å². The summed E-state index contributed by atoms with van der Waals surface area (Å²) in [7, 11) is 0. The van der Waals surface area contributed by atoms with E-state index in [2.05, 4.69) is 4.90 Å². The molecule has 2 saturated heterocycles. The summed E-state index contributed by atoms with van der Waals surface area (Å²) in [4.78, 5) is 35.3. The molecule has 0 unspecified atom stereocenters. The molecular formula is C22H32N4O4S. The van der Waals surface area contributed by atoms with Crippen LogP contribution in [0, 0.1) is 0 Å². The SMILES string of the molecule is CCOC(=O)C[C@@H]1COCCN1Cc1c(C(=O)N2CCCCCCC2)nc2sccn12. The second kappa shape index (κ2) is 10.6. The number of hydrogen-bond acceptors (Lipinski definition) is 7. The minimum atomic E-state index is -0.214. The molecule has 4 rings (SSSR count). The van der Waals surface area contributed by atoms with Crippen molar-refractivity contribution in [3.63, 3.8) is 0 Å². The zero-order valence-corrected chi connectivity index (χ0v) is 19.1. The zero-order chi connectivity index (χ0) is 21.6. The third kappa shape index (κ3) is 5.27. The molecular weight excluding hydrogens is 416 g/mol. The fourth-order valence-corrected chi connectivity index (χ4v) is 5.18. The van der Waals surface area contributed by atoms with Crippen LogP contribution >= 0.6 is 11.3 Å². The summed E-state index contributed by atoms with van der Waals surface area (Å²) >= 11 is 1.54. The van der Waals surface area contributed by atoms with Crippen LogP contribution in [0.25, 0.3) is 4.96 Å². The number of thiazole rings is 1. The molecule has 2 aliphatic heterocycles. The predicted octanol–water partition coefficient (Wildman–Crippen LogP) is 2.96. The Hall–Kier alpha value is -1.97. The van der Waals surface area contributed by atoms with Gasteiger partial charge in [-0.3, -0.25) is 18.9 Å². The van der Waals surface area contributed by atoms with Crippen molar-refractivity contribution in [2.75, 3.05) is 39.5 Å². The molecule has 31 heavy (non-hydrogen) atoms. The van der Waals surface area contributed by atoms with Crippen molar-refractivity contribution >= 4 is 28.2 Å². The van der Waals surface area contributed by atoms with Gasteiger partial charge >= 0.3 is 5.97 Å². The van der Waals surface area contributed by atoms with E-state index in [0.717, 1.165) is 36.6 Å². The lowest BCUT2D eigenvalue weighted by atomic mass is 10.1. The Bertz CT molecular complexity index is 887. The Balaban J connectivity index is 1.56. The third-order valence-electron chi connectivity index (χ3n) is 6.12. The maximum atomic E-state index is 13.5. The summed E-state index contributed by atoms with van der Waals surface area (Å²) < 4.78 is 12.8. The van der Waals surface area contributed by atoms with Crippen LogP contribution in [-0.4, -0.2) is 76.6 Å². The summed E-state index contributed by atoms with van der Waals surface area (Å²) in [5, 5.41) is 1.99. The molecule has 0 saturated carbocycles. The monoisotopic (exact) mass is 448 g/mol. The van der Waals surface area contributed by atoms with Gasteiger partial charge < -0.3 is 14.4 Å². The lowest BCUT2D eigenvalue weighted by Gasteiger charge is -2.35. The molecule has 0 aliphatic carbocycles. The molecule has 170 valence electrons. The first-order valence-electron chi connectivity index (χ1n) is 11.4. The Morgan fingerprint density at radius 3 is 2.74 bits per heavy atom. The number of esters is 1. The molecule has 0 aromatic carbocycles. The number of rotatable bonds is 6. The van der Waals surface area contributed by atoms with Gasteiger partial charge in [0.2, 0.25) is 0 Å². The van der Waals surface area contributed by atoms with Crippen LogP contribution in [0.15, 0.2) is 11.6 Å². The molecule has 2 aromatic rings. The Morgan fingerprint density at radius 1 is 1.19 bits per heavy atom. The van der Waals surface area contributed by atoms with Crippen LogP contribution in [0.3, 0.4) is 0 Å². The van der Waals surface area contributed by atoms with Crippen molar-refractivity contribution in [2.45, 2.75) is 58.0 Å². The molecule has 0 radical (unpaired) electrons. The zero-order valence-electron chi connectivity index (χ0n) is 18.3. The number of hydrogen-bond donors (Lipinski definition) is 0. The van der Waals surface area contributed by atoms with Gasteiger partial charge in [-0.1, -0.05) is 19.3 Å². The van der Waals surface area contributed by atoms with Crippen LogP contribution in [0.5, 0.6) is 0 Å². The number of carbonyl (C=O) groups excluding carboxylic acids is 2. The standard InChI is InChI=1S/C22H32N4O4S/c1-2-30-19(27)14-17-16-29-12-10-25(17)15-18-20(23-22-26(18)11-13-31-22)21(28)24-8-6-4-3-5-7-9-24/h11,13,17H,2-10,12,14-16H2,1H3/t17-/m1/s1.